The number of esters is 1. The lowest BCUT2D eigenvalue weighted by Crippen LogP contribution is -2.14. The van der Waals surface area contributed by atoms with Crippen molar-refractivity contribution in [3.63, 3.8) is 0 Å². The van der Waals surface area contributed by atoms with Gasteiger partial charge < -0.3 is 18.9 Å². The maximum absolute atomic E-state index is 12.3. The van der Waals surface area contributed by atoms with Gasteiger partial charge in [-0.2, -0.15) is 0 Å². The zero-order chi connectivity index (χ0) is 20.2. The molecule has 0 amide bonds. The minimum atomic E-state index is -0.617. The van der Waals surface area contributed by atoms with Crippen molar-refractivity contribution in [2.24, 2.45) is 5.92 Å². The van der Waals surface area contributed by atoms with Crippen molar-refractivity contribution in [2.75, 3.05) is 27.9 Å². The van der Waals surface area contributed by atoms with E-state index in [4.69, 9.17) is 25.5 Å². The van der Waals surface area contributed by atoms with Crippen LogP contribution in [0.2, 0.25) is 0 Å². The smallest absolute Gasteiger partial charge is 0.336 e. The summed E-state index contributed by atoms with van der Waals surface area (Å²) in [6.07, 6.45) is 5.64. The number of rotatable bonds is 11. The Labute approximate surface area is 161 Å². The summed E-state index contributed by atoms with van der Waals surface area (Å²) in [7, 11) is 4.53. The number of hydrogen-bond donors (Lipinski definition) is 0. The molecular formula is C21H29NO5. The molecule has 0 aliphatic rings. The highest BCUT2D eigenvalue weighted by Crippen LogP contribution is 2.38. The second kappa shape index (κ2) is 11.8. The van der Waals surface area contributed by atoms with Gasteiger partial charge in [-0.25, -0.2) is 4.85 Å². The van der Waals surface area contributed by atoms with Gasteiger partial charge in [0.05, 0.1) is 34.5 Å². The van der Waals surface area contributed by atoms with E-state index in [-0.39, 0.29) is 5.70 Å². The molecule has 0 aromatic heterocycles. The Morgan fingerprint density at radius 1 is 1.15 bits per heavy atom. The van der Waals surface area contributed by atoms with E-state index < -0.39 is 5.97 Å². The zero-order valence-electron chi connectivity index (χ0n) is 16.8. The van der Waals surface area contributed by atoms with Crippen molar-refractivity contribution in [2.45, 2.75) is 39.5 Å². The molecule has 0 saturated heterocycles. The standard InChI is InChI=1S/C21H29NO5/c1-7-9-10-15(8-2)14-27-21(23)17(22-3)11-16-12-18(24-4)20(26-6)19(13-16)25-5/h11-13,15H,7-10,14H2,1-2,4-6H3. The predicted molar refractivity (Wildman–Crippen MR) is 105 cm³/mol. The Kier molecular flexibility index (Phi) is 9.81. The Hall–Kier alpha value is -2.68. The monoisotopic (exact) mass is 375 g/mol. The summed E-state index contributed by atoms with van der Waals surface area (Å²) in [6, 6.07) is 3.35. The Morgan fingerprint density at radius 3 is 2.22 bits per heavy atom. The fourth-order valence-electron chi connectivity index (χ4n) is 2.65. The van der Waals surface area contributed by atoms with Gasteiger partial charge >= 0.3 is 5.97 Å². The first kappa shape index (κ1) is 22.4. The number of methoxy groups -OCH3 is 3. The molecule has 0 fully saturated rings. The van der Waals surface area contributed by atoms with Crippen molar-refractivity contribution in [3.05, 3.63) is 34.8 Å². The molecule has 0 spiro atoms. The Bertz CT molecular complexity index is 665. The lowest BCUT2D eigenvalue weighted by molar-refractivity contribution is -0.140. The molecule has 1 aromatic rings. The lowest BCUT2D eigenvalue weighted by atomic mass is 10.0. The minimum Gasteiger partial charge on any atom is -0.493 e. The second-order valence-electron chi connectivity index (χ2n) is 6.12. The number of unbranched alkanes of at least 4 members (excludes halogenated alkanes) is 1. The van der Waals surface area contributed by atoms with E-state index in [9.17, 15) is 4.79 Å². The topological polar surface area (TPSA) is 58.3 Å². The van der Waals surface area contributed by atoms with Gasteiger partial charge in [0.25, 0.3) is 5.70 Å². The van der Waals surface area contributed by atoms with E-state index in [0.29, 0.717) is 35.3 Å². The molecule has 0 heterocycles. The Balaban J connectivity index is 2.99. The average molecular weight is 375 g/mol. The number of nitrogens with zero attached hydrogens (tertiary/aromatic N) is 1. The van der Waals surface area contributed by atoms with Crippen LogP contribution in [0.15, 0.2) is 17.8 Å². The van der Waals surface area contributed by atoms with Crippen LogP contribution in [0.25, 0.3) is 10.9 Å². The number of carbonyl (C=O) groups excluding carboxylic acids is 1. The Morgan fingerprint density at radius 2 is 1.78 bits per heavy atom. The SMILES string of the molecule is [C-]#[N+]C(=Cc1cc(OC)c(OC)c(OC)c1)C(=O)OCC(CC)CCCC. The van der Waals surface area contributed by atoms with E-state index in [1.165, 1.54) is 27.4 Å². The van der Waals surface area contributed by atoms with Crippen molar-refractivity contribution in [1.29, 1.82) is 0 Å². The van der Waals surface area contributed by atoms with Crippen LogP contribution in [0.4, 0.5) is 0 Å². The van der Waals surface area contributed by atoms with Crippen molar-refractivity contribution in [3.8, 4) is 17.2 Å². The third-order valence-electron chi connectivity index (χ3n) is 4.31. The fourth-order valence-corrected chi connectivity index (χ4v) is 2.65. The van der Waals surface area contributed by atoms with Crippen molar-refractivity contribution < 1.29 is 23.7 Å². The van der Waals surface area contributed by atoms with Gasteiger partial charge in [0.15, 0.2) is 11.5 Å². The summed E-state index contributed by atoms with van der Waals surface area (Å²) >= 11 is 0. The molecule has 6 nitrogen and oxygen atoms in total. The molecule has 27 heavy (non-hydrogen) atoms. The molecule has 1 aromatic carbocycles. The highest BCUT2D eigenvalue weighted by Gasteiger charge is 2.17. The van der Waals surface area contributed by atoms with Crippen molar-refractivity contribution in [1.82, 2.24) is 0 Å². The van der Waals surface area contributed by atoms with Gasteiger partial charge in [-0.3, -0.25) is 4.79 Å². The van der Waals surface area contributed by atoms with Crippen LogP contribution < -0.4 is 14.2 Å². The largest absolute Gasteiger partial charge is 0.493 e. The highest BCUT2D eigenvalue weighted by atomic mass is 16.5. The van der Waals surface area contributed by atoms with E-state index in [0.717, 1.165) is 25.7 Å². The maximum Gasteiger partial charge on any atom is 0.336 e. The third kappa shape index (κ3) is 6.52. The second-order valence-corrected chi connectivity index (χ2v) is 6.12. The van der Waals surface area contributed by atoms with Gasteiger partial charge in [-0.05, 0) is 36.1 Å². The van der Waals surface area contributed by atoms with Crippen LogP contribution >= 0.6 is 0 Å². The molecule has 1 atom stereocenters. The molecule has 1 rings (SSSR count). The summed E-state index contributed by atoms with van der Waals surface area (Å²) < 4.78 is 21.2. The first-order valence-electron chi connectivity index (χ1n) is 9.10. The summed E-state index contributed by atoms with van der Waals surface area (Å²) in [4.78, 5) is 15.6. The summed E-state index contributed by atoms with van der Waals surface area (Å²) in [5.74, 6) is 1.05. The molecule has 6 heteroatoms. The van der Waals surface area contributed by atoms with Gasteiger partial charge in [-0.1, -0.05) is 33.1 Å². The number of carbonyl (C=O) groups is 1. The third-order valence-corrected chi connectivity index (χ3v) is 4.31. The first-order valence-corrected chi connectivity index (χ1v) is 9.10. The molecule has 148 valence electrons. The lowest BCUT2D eigenvalue weighted by Gasteiger charge is -2.15. The van der Waals surface area contributed by atoms with Crippen molar-refractivity contribution >= 4 is 12.0 Å². The molecule has 0 saturated carbocycles. The van der Waals surface area contributed by atoms with Gasteiger partial charge in [0.2, 0.25) is 5.75 Å². The van der Waals surface area contributed by atoms with Crippen LogP contribution in [0, 0.1) is 12.5 Å². The van der Waals surface area contributed by atoms with E-state index in [2.05, 4.69) is 18.7 Å². The van der Waals surface area contributed by atoms with Crippen LogP contribution in [-0.2, 0) is 9.53 Å². The first-order chi connectivity index (χ1) is 13.0. The maximum atomic E-state index is 12.3. The van der Waals surface area contributed by atoms with Crippen LogP contribution in [0.5, 0.6) is 17.2 Å². The van der Waals surface area contributed by atoms with E-state index in [1.807, 2.05) is 0 Å². The number of hydrogen-bond acceptors (Lipinski definition) is 5. The minimum absolute atomic E-state index is 0.0883. The normalized spacial score (nSPS) is 12.1. The molecule has 0 N–H and O–H groups in total. The number of ether oxygens (including phenoxy) is 4. The quantitative estimate of drug-likeness (QED) is 0.318. The van der Waals surface area contributed by atoms with Gasteiger partial charge in [-0.15, -0.1) is 0 Å². The molecule has 0 radical (unpaired) electrons. The number of benzene rings is 1. The molecule has 0 bridgehead atoms. The van der Waals surface area contributed by atoms with Gasteiger partial charge in [0, 0.05) is 0 Å². The summed E-state index contributed by atoms with van der Waals surface area (Å²) in [5, 5.41) is 0. The molecule has 1 unspecified atom stereocenters. The van der Waals surface area contributed by atoms with E-state index in [1.54, 1.807) is 12.1 Å². The van der Waals surface area contributed by atoms with Crippen LogP contribution in [-0.4, -0.2) is 33.9 Å². The predicted octanol–water partition coefficient (Wildman–Crippen LogP) is 4.73. The summed E-state index contributed by atoms with van der Waals surface area (Å²) in [5.41, 5.74) is 0.500. The van der Waals surface area contributed by atoms with Crippen LogP contribution in [0.3, 0.4) is 0 Å². The molecule has 0 aliphatic carbocycles. The molecular weight excluding hydrogens is 346 g/mol. The highest BCUT2D eigenvalue weighted by molar-refractivity contribution is 5.95. The van der Waals surface area contributed by atoms with Gasteiger partial charge in [0.1, 0.15) is 0 Å². The molecule has 0 aliphatic heterocycles. The average Bonchev–Trinajstić information content (AvgIpc) is 2.70. The fraction of sp³-hybridized carbons (Fsp3) is 0.524. The zero-order valence-corrected chi connectivity index (χ0v) is 16.8. The van der Waals surface area contributed by atoms with E-state index >= 15 is 0 Å². The van der Waals surface area contributed by atoms with Crippen LogP contribution in [0.1, 0.15) is 45.1 Å². The summed E-state index contributed by atoms with van der Waals surface area (Å²) in [6.45, 7) is 11.9.